The van der Waals surface area contributed by atoms with E-state index < -0.39 is 11.9 Å². The maximum atomic E-state index is 12.4. The number of hydrogen-bond donors (Lipinski definition) is 0. The summed E-state index contributed by atoms with van der Waals surface area (Å²) in [6.07, 6.45) is 0.249. The molecule has 5 heteroatoms. The van der Waals surface area contributed by atoms with Crippen molar-refractivity contribution < 1.29 is 23.9 Å². The molecule has 0 aromatic heterocycles. The van der Waals surface area contributed by atoms with Crippen molar-refractivity contribution in [3.63, 3.8) is 0 Å². The van der Waals surface area contributed by atoms with Crippen molar-refractivity contribution in [2.75, 3.05) is 0 Å². The highest BCUT2D eigenvalue weighted by molar-refractivity contribution is 6.00. The number of benzene rings is 3. The molecule has 140 valence electrons. The highest BCUT2D eigenvalue weighted by Gasteiger charge is 2.18. The Morgan fingerprint density at radius 2 is 1.25 bits per heavy atom. The highest BCUT2D eigenvalue weighted by atomic mass is 16.5. The van der Waals surface area contributed by atoms with Gasteiger partial charge in [-0.3, -0.25) is 4.79 Å². The SMILES string of the molecule is CCC(=O)c1ccc(OC(=O)c2ccccc2)cc1OC(=O)c1ccccc1. The van der Waals surface area contributed by atoms with E-state index in [0.29, 0.717) is 11.1 Å². The summed E-state index contributed by atoms with van der Waals surface area (Å²) < 4.78 is 10.8. The Bertz CT molecular complexity index is 994. The normalized spacial score (nSPS) is 10.2. The van der Waals surface area contributed by atoms with Gasteiger partial charge in [0.25, 0.3) is 0 Å². The molecular weight excluding hydrogens is 356 g/mol. The summed E-state index contributed by atoms with van der Waals surface area (Å²) in [5, 5.41) is 0. The van der Waals surface area contributed by atoms with E-state index in [1.54, 1.807) is 67.6 Å². The summed E-state index contributed by atoms with van der Waals surface area (Å²) in [6, 6.07) is 21.3. The van der Waals surface area contributed by atoms with Crippen molar-refractivity contribution in [1.29, 1.82) is 0 Å². The molecule has 0 heterocycles. The zero-order valence-electron chi connectivity index (χ0n) is 15.3. The quantitative estimate of drug-likeness (QED) is 0.355. The molecule has 0 aliphatic rings. The van der Waals surface area contributed by atoms with E-state index in [4.69, 9.17) is 9.47 Å². The van der Waals surface area contributed by atoms with Gasteiger partial charge in [-0.05, 0) is 36.4 Å². The molecule has 3 aromatic carbocycles. The third-order valence-corrected chi connectivity index (χ3v) is 4.01. The van der Waals surface area contributed by atoms with Crippen LogP contribution in [-0.4, -0.2) is 17.7 Å². The lowest BCUT2D eigenvalue weighted by Gasteiger charge is -2.11. The van der Waals surface area contributed by atoms with Crippen LogP contribution in [0.15, 0.2) is 78.9 Å². The van der Waals surface area contributed by atoms with E-state index in [-0.39, 0.29) is 29.3 Å². The third kappa shape index (κ3) is 4.51. The molecule has 3 aromatic rings. The van der Waals surface area contributed by atoms with E-state index in [1.165, 1.54) is 18.2 Å². The first kappa shape index (κ1) is 19.0. The Morgan fingerprint density at radius 3 is 1.79 bits per heavy atom. The topological polar surface area (TPSA) is 69.7 Å². The van der Waals surface area contributed by atoms with Crippen LogP contribution in [0, 0.1) is 0 Å². The van der Waals surface area contributed by atoms with Gasteiger partial charge in [-0.15, -0.1) is 0 Å². The van der Waals surface area contributed by atoms with Crippen molar-refractivity contribution in [2.45, 2.75) is 13.3 Å². The van der Waals surface area contributed by atoms with Crippen molar-refractivity contribution in [3.8, 4) is 11.5 Å². The Hall–Kier alpha value is -3.73. The number of ketones is 1. The first-order valence-corrected chi connectivity index (χ1v) is 8.80. The number of carbonyl (C=O) groups is 3. The number of hydrogen-bond acceptors (Lipinski definition) is 5. The van der Waals surface area contributed by atoms with E-state index >= 15 is 0 Å². The van der Waals surface area contributed by atoms with Gasteiger partial charge in [0.1, 0.15) is 11.5 Å². The maximum Gasteiger partial charge on any atom is 0.343 e. The van der Waals surface area contributed by atoms with Gasteiger partial charge in [-0.2, -0.15) is 0 Å². The van der Waals surface area contributed by atoms with Gasteiger partial charge in [-0.1, -0.05) is 43.3 Å². The summed E-state index contributed by atoms with van der Waals surface area (Å²) in [5.74, 6) is -1.10. The van der Waals surface area contributed by atoms with Gasteiger partial charge in [0.15, 0.2) is 5.78 Å². The number of esters is 2. The van der Waals surface area contributed by atoms with Crippen LogP contribution < -0.4 is 9.47 Å². The summed E-state index contributed by atoms with van der Waals surface area (Å²) in [5.41, 5.74) is 0.995. The molecule has 0 saturated heterocycles. The lowest BCUT2D eigenvalue weighted by atomic mass is 10.1. The third-order valence-electron chi connectivity index (χ3n) is 4.01. The van der Waals surface area contributed by atoms with Crippen molar-refractivity contribution >= 4 is 17.7 Å². The van der Waals surface area contributed by atoms with Gasteiger partial charge >= 0.3 is 11.9 Å². The second-order valence-electron chi connectivity index (χ2n) is 5.95. The van der Waals surface area contributed by atoms with Crippen LogP contribution in [0.1, 0.15) is 44.4 Å². The van der Waals surface area contributed by atoms with Crippen LogP contribution in [-0.2, 0) is 0 Å². The van der Waals surface area contributed by atoms with E-state index in [9.17, 15) is 14.4 Å². The lowest BCUT2D eigenvalue weighted by Crippen LogP contribution is -2.13. The second-order valence-corrected chi connectivity index (χ2v) is 5.95. The van der Waals surface area contributed by atoms with Crippen LogP contribution in [0.3, 0.4) is 0 Å². The Labute approximate surface area is 162 Å². The molecule has 0 bridgehead atoms. The van der Waals surface area contributed by atoms with Gasteiger partial charge in [0.2, 0.25) is 0 Å². The minimum atomic E-state index is -0.600. The first-order valence-electron chi connectivity index (χ1n) is 8.80. The molecule has 0 aliphatic carbocycles. The maximum absolute atomic E-state index is 12.4. The molecule has 0 atom stereocenters. The first-order chi connectivity index (χ1) is 13.6. The molecular formula is C23H18O5. The molecule has 5 nitrogen and oxygen atoms in total. The second kappa shape index (κ2) is 8.77. The van der Waals surface area contributed by atoms with Crippen LogP contribution in [0.2, 0.25) is 0 Å². The number of rotatable bonds is 6. The van der Waals surface area contributed by atoms with Gasteiger partial charge in [0, 0.05) is 12.5 Å². The summed E-state index contributed by atoms with van der Waals surface area (Å²) in [6.45, 7) is 1.72. The zero-order chi connectivity index (χ0) is 19.9. The van der Waals surface area contributed by atoms with Gasteiger partial charge in [-0.25, -0.2) is 9.59 Å². The minimum absolute atomic E-state index is 0.0547. The molecule has 0 aliphatic heterocycles. The van der Waals surface area contributed by atoms with Crippen LogP contribution >= 0.6 is 0 Å². The molecule has 0 amide bonds. The molecule has 0 fully saturated rings. The molecule has 0 radical (unpaired) electrons. The standard InChI is InChI=1S/C23H18O5/c1-2-20(24)19-14-13-18(27-22(25)16-9-5-3-6-10-16)15-21(19)28-23(26)17-11-7-4-8-12-17/h3-15H,2H2,1H3. The van der Waals surface area contributed by atoms with Crippen LogP contribution in [0.5, 0.6) is 11.5 Å². The average Bonchev–Trinajstić information content (AvgIpc) is 2.74. The van der Waals surface area contributed by atoms with Crippen LogP contribution in [0.25, 0.3) is 0 Å². The molecule has 0 saturated carbocycles. The predicted octanol–water partition coefficient (Wildman–Crippen LogP) is 4.72. The largest absolute Gasteiger partial charge is 0.423 e. The monoisotopic (exact) mass is 374 g/mol. The number of carbonyl (C=O) groups excluding carboxylic acids is 3. The fraction of sp³-hybridized carbons (Fsp3) is 0.0870. The summed E-state index contributed by atoms with van der Waals surface area (Å²) >= 11 is 0. The smallest absolute Gasteiger partial charge is 0.343 e. The Kier molecular flexibility index (Phi) is 5.97. The van der Waals surface area contributed by atoms with E-state index in [2.05, 4.69) is 0 Å². The van der Waals surface area contributed by atoms with Gasteiger partial charge < -0.3 is 9.47 Å². The minimum Gasteiger partial charge on any atom is -0.423 e. The molecule has 28 heavy (non-hydrogen) atoms. The molecule has 0 spiro atoms. The zero-order valence-corrected chi connectivity index (χ0v) is 15.3. The summed E-state index contributed by atoms with van der Waals surface area (Å²) in [4.78, 5) is 36.8. The fourth-order valence-electron chi connectivity index (χ4n) is 2.54. The highest BCUT2D eigenvalue weighted by Crippen LogP contribution is 2.27. The van der Waals surface area contributed by atoms with Crippen LogP contribution in [0.4, 0.5) is 0 Å². The van der Waals surface area contributed by atoms with Gasteiger partial charge in [0.05, 0.1) is 16.7 Å². The number of Topliss-reactive ketones (excluding diaryl/α,β-unsaturated/α-hetero) is 1. The Balaban J connectivity index is 1.88. The van der Waals surface area contributed by atoms with Crippen molar-refractivity contribution in [1.82, 2.24) is 0 Å². The molecule has 0 N–H and O–H groups in total. The average molecular weight is 374 g/mol. The predicted molar refractivity (Wildman–Crippen MR) is 104 cm³/mol. The van der Waals surface area contributed by atoms with E-state index in [1.807, 2.05) is 0 Å². The van der Waals surface area contributed by atoms with E-state index in [0.717, 1.165) is 0 Å². The van der Waals surface area contributed by atoms with Crippen molar-refractivity contribution in [3.05, 3.63) is 95.6 Å². The van der Waals surface area contributed by atoms with Crippen molar-refractivity contribution in [2.24, 2.45) is 0 Å². The molecule has 3 rings (SSSR count). The lowest BCUT2D eigenvalue weighted by molar-refractivity contribution is 0.0731. The number of ether oxygens (including phenoxy) is 2. The Morgan fingerprint density at radius 1 is 0.714 bits per heavy atom. The fourth-order valence-corrected chi connectivity index (χ4v) is 2.54. The molecule has 0 unspecified atom stereocenters. The summed E-state index contributed by atoms with van der Waals surface area (Å²) in [7, 11) is 0.